The van der Waals surface area contributed by atoms with Crippen molar-refractivity contribution in [2.75, 3.05) is 31.9 Å². The number of amides is 2. The van der Waals surface area contributed by atoms with Crippen LogP contribution in [0.25, 0.3) is 10.8 Å². The summed E-state index contributed by atoms with van der Waals surface area (Å²) in [5, 5.41) is 16.1. The Bertz CT molecular complexity index is 1450. The number of benzene rings is 2. The highest BCUT2D eigenvalue weighted by atomic mass is 35.5. The number of hydrogen-bond donors (Lipinski definition) is 1. The molecule has 2 amide bonds. The van der Waals surface area contributed by atoms with Crippen molar-refractivity contribution in [2.24, 2.45) is 0 Å². The summed E-state index contributed by atoms with van der Waals surface area (Å²) in [6, 6.07) is 9.58. The molecular weight excluding hydrogens is 506 g/mol. The maximum absolute atomic E-state index is 12.9. The molecule has 1 atom stereocenters. The molecule has 0 spiro atoms. The smallest absolute Gasteiger partial charge is 0.344 e. The Morgan fingerprint density at radius 2 is 1.81 bits per heavy atom. The molecule has 1 aromatic heterocycles. The van der Waals surface area contributed by atoms with E-state index in [0.29, 0.717) is 42.3 Å². The Morgan fingerprint density at radius 3 is 2.53 bits per heavy atom. The van der Waals surface area contributed by atoms with Gasteiger partial charge in [0.2, 0.25) is 0 Å². The number of imidazole rings is 1. The molecule has 36 heavy (non-hydrogen) atoms. The van der Waals surface area contributed by atoms with Gasteiger partial charge in [-0.05, 0) is 35.0 Å². The van der Waals surface area contributed by atoms with Crippen LogP contribution in [0.4, 0.5) is 4.79 Å². The highest BCUT2D eigenvalue weighted by Crippen LogP contribution is 2.25. The van der Waals surface area contributed by atoms with Gasteiger partial charge in [0, 0.05) is 37.6 Å². The maximum Gasteiger partial charge on any atom is 0.344 e. The number of fused-ring (bicyclic) bond motifs is 2. The van der Waals surface area contributed by atoms with Gasteiger partial charge in [-0.2, -0.15) is 0 Å². The van der Waals surface area contributed by atoms with Crippen molar-refractivity contribution in [3.63, 3.8) is 0 Å². The Balaban J connectivity index is 1.20. The molecule has 2 aliphatic heterocycles. The number of aryl methyl sites for hydroxylation is 1. The third kappa shape index (κ3) is 4.47. The standard InChI is InChI=1S/C24H26ClN5O5S/c1-2-22-26-13-19-14-29(24(33)30(19)22)28-9-7-27(8-10-28)23(32)21(31)15-36(34,35)20-6-4-16-11-18(25)5-3-17(16)12-20/h3-6,11-13,21,31H,2,7-10,14-15H2,1H3/t21-/m1/s1. The monoisotopic (exact) mass is 531 g/mol. The van der Waals surface area contributed by atoms with Gasteiger partial charge in [-0.25, -0.2) is 27.8 Å². The molecule has 190 valence electrons. The third-order valence-electron chi connectivity index (χ3n) is 6.65. The lowest BCUT2D eigenvalue weighted by Gasteiger charge is -2.39. The van der Waals surface area contributed by atoms with Gasteiger partial charge in [0.25, 0.3) is 5.91 Å². The highest BCUT2D eigenvalue weighted by Gasteiger charge is 2.37. The summed E-state index contributed by atoms with van der Waals surface area (Å²) in [4.78, 5) is 31.5. The van der Waals surface area contributed by atoms with Crippen LogP contribution in [0.15, 0.2) is 47.5 Å². The fourth-order valence-electron chi connectivity index (χ4n) is 4.71. The summed E-state index contributed by atoms with van der Waals surface area (Å²) < 4.78 is 27.5. The van der Waals surface area contributed by atoms with Crippen molar-refractivity contribution in [1.29, 1.82) is 0 Å². The fourth-order valence-corrected chi connectivity index (χ4v) is 6.23. The van der Waals surface area contributed by atoms with E-state index in [-0.39, 0.29) is 24.0 Å². The number of halogens is 1. The minimum atomic E-state index is -3.91. The molecule has 0 bridgehead atoms. The van der Waals surface area contributed by atoms with Crippen LogP contribution in [0.2, 0.25) is 5.02 Å². The Kier molecular flexibility index (Phi) is 6.50. The second-order valence-electron chi connectivity index (χ2n) is 8.92. The molecule has 3 aromatic rings. The van der Waals surface area contributed by atoms with Crippen LogP contribution >= 0.6 is 11.6 Å². The molecule has 5 rings (SSSR count). The van der Waals surface area contributed by atoms with Gasteiger partial charge in [-0.1, -0.05) is 30.7 Å². The van der Waals surface area contributed by atoms with Gasteiger partial charge in [0.1, 0.15) is 11.9 Å². The second-order valence-corrected chi connectivity index (χ2v) is 11.4. The Labute approximate surface area is 213 Å². The summed E-state index contributed by atoms with van der Waals surface area (Å²) in [6.07, 6.45) is 0.670. The molecule has 3 heterocycles. The highest BCUT2D eigenvalue weighted by molar-refractivity contribution is 7.91. The maximum atomic E-state index is 12.9. The quantitative estimate of drug-likeness (QED) is 0.516. The lowest BCUT2D eigenvalue weighted by Crippen LogP contribution is -2.57. The molecular formula is C24H26ClN5O5S. The number of hydrazine groups is 1. The number of aliphatic hydroxyl groups is 1. The average molecular weight is 532 g/mol. The first kappa shape index (κ1) is 24.7. The summed E-state index contributed by atoms with van der Waals surface area (Å²) in [5.41, 5.74) is 0.827. The largest absolute Gasteiger partial charge is 0.382 e. The van der Waals surface area contributed by atoms with Crippen molar-refractivity contribution in [3.8, 4) is 0 Å². The van der Waals surface area contributed by atoms with Gasteiger partial charge in [0.15, 0.2) is 9.84 Å². The normalized spacial score (nSPS) is 17.6. The Morgan fingerprint density at radius 1 is 1.11 bits per heavy atom. The first-order valence-electron chi connectivity index (χ1n) is 11.7. The molecule has 2 aromatic carbocycles. The summed E-state index contributed by atoms with van der Waals surface area (Å²) in [5.74, 6) is -0.633. The molecule has 12 heteroatoms. The summed E-state index contributed by atoms with van der Waals surface area (Å²) in [7, 11) is -3.91. The van der Waals surface area contributed by atoms with E-state index in [4.69, 9.17) is 11.6 Å². The minimum Gasteiger partial charge on any atom is -0.382 e. The zero-order valence-corrected chi connectivity index (χ0v) is 21.2. The molecule has 1 N–H and O–H groups in total. The van der Waals surface area contributed by atoms with E-state index in [2.05, 4.69) is 4.98 Å². The van der Waals surface area contributed by atoms with E-state index in [0.717, 1.165) is 11.1 Å². The lowest BCUT2D eigenvalue weighted by atomic mass is 10.1. The van der Waals surface area contributed by atoms with Crippen molar-refractivity contribution in [3.05, 3.63) is 59.1 Å². The second kappa shape index (κ2) is 9.47. The zero-order chi connectivity index (χ0) is 25.6. The van der Waals surface area contributed by atoms with E-state index in [9.17, 15) is 23.1 Å². The van der Waals surface area contributed by atoms with Gasteiger partial charge in [-0.3, -0.25) is 9.80 Å². The number of carbonyl (C=O) groups is 2. The first-order valence-corrected chi connectivity index (χ1v) is 13.7. The number of piperazine rings is 1. The van der Waals surface area contributed by atoms with Gasteiger partial charge in [-0.15, -0.1) is 0 Å². The van der Waals surface area contributed by atoms with Gasteiger partial charge >= 0.3 is 6.03 Å². The molecule has 0 saturated carbocycles. The number of aliphatic hydroxyl groups excluding tert-OH is 1. The Hall–Kier alpha value is -2.99. The molecule has 1 saturated heterocycles. The van der Waals surface area contributed by atoms with E-state index >= 15 is 0 Å². The van der Waals surface area contributed by atoms with Crippen LogP contribution < -0.4 is 0 Å². The van der Waals surface area contributed by atoms with Crippen LogP contribution in [-0.2, 0) is 27.6 Å². The van der Waals surface area contributed by atoms with Gasteiger partial charge < -0.3 is 10.0 Å². The number of carbonyl (C=O) groups excluding carboxylic acids is 2. The number of aromatic nitrogens is 2. The van der Waals surface area contributed by atoms with Crippen molar-refractivity contribution < 1.29 is 23.1 Å². The molecule has 0 aliphatic carbocycles. The van der Waals surface area contributed by atoms with Crippen LogP contribution in [0.1, 0.15) is 18.4 Å². The molecule has 0 unspecified atom stereocenters. The molecule has 10 nitrogen and oxygen atoms in total. The van der Waals surface area contributed by atoms with Crippen LogP contribution in [0.5, 0.6) is 0 Å². The predicted molar refractivity (Wildman–Crippen MR) is 133 cm³/mol. The first-order chi connectivity index (χ1) is 17.2. The summed E-state index contributed by atoms with van der Waals surface area (Å²) >= 11 is 5.99. The predicted octanol–water partition coefficient (Wildman–Crippen LogP) is 1.93. The average Bonchev–Trinajstić information content (AvgIpc) is 3.42. The van der Waals surface area contributed by atoms with E-state index in [1.54, 1.807) is 40.0 Å². The number of nitrogens with zero attached hydrogens (tertiary/aromatic N) is 5. The van der Waals surface area contributed by atoms with E-state index in [1.807, 2.05) is 11.9 Å². The fraction of sp³-hybridized carbons (Fsp3) is 0.375. The van der Waals surface area contributed by atoms with E-state index in [1.165, 1.54) is 17.0 Å². The van der Waals surface area contributed by atoms with Crippen molar-refractivity contribution in [2.45, 2.75) is 30.9 Å². The topological polar surface area (TPSA) is 116 Å². The minimum absolute atomic E-state index is 0.0337. The zero-order valence-electron chi connectivity index (χ0n) is 19.7. The number of rotatable bonds is 6. The summed E-state index contributed by atoms with van der Waals surface area (Å²) in [6.45, 7) is 3.68. The number of sulfone groups is 1. The molecule has 1 fully saturated rings. The van der Waals surface area contributed by atoms with Crippen LogP contribution in [-0.4, -0.2) is 88.0 Å². The number of hydrogen-bond acceptors (Lipinski definition) is 7. The van der Waals surface area contributed by atoms with Gasteiger partial charge in [0.05, 0.1) is 29.1 Å². The molecule has 2 aliphatic rings. The van der Waals surface area contributed by atoms with E-state index < -0.39 is 27.6 Å². The van der Waals surface area contributed by atoms with Crippen LogP contribution in [0, 0.1) is 0 Å². The lowest BCUT2D eigenvalue weighted by molar-refractivity contribution is -0.143. The SMILES string of the molecule is CCc1ncc2n1C(=O)N(N1CCN(C(=O)[C@H](O)CS(=O)(=O)c3ccc4cc(Cl)ccc4c3)CC1)C2. The molecule has 0 radical (unpaired) electrons. The third-order valence-corrected chi connectivity index (χ3v) is 8.61. The van der Waals surface area contributed by atoms with Crippen molar-refractivity contribution in [1.82, 2.24) is 24.5 Å². The van der Waals surface area contributed by atoms with Crippen LogP contribution in [0.3, 0.4) is 0 Å². The van der Waals surface area contributed by atoms with Crippen molar-refractivity contribution >= 4 is 44.1 Å².